The Balaban J connectivity index is 1.78. The Morgan fingerprint density at radius 3 is 2.70 bits per heavy atom. The van der Waals surface area contributed by atoms with E-state index < -0.39 is 5.91 Å². The van der Waals surface area contributed by atoms with Crippen LogP contribution in [0.3, 0.4) is 0 Å². The number of rotatable bonds is 6. The molecule has 1 aromatic heterocycles. The van der Waals surface area contributed by atoms with Crippen LogP contribution in [0.25, 0.3) is 0 Å². The number of anilines is 2. The number of hydrogen-bond donors (Lipinski definition) is 4. The fourth-order valence-electron chi connectivity index (χ4n) is 3.36. The third kappa shape index (κ3) is 4.95. The van der Waals surface area contributed by atoms with Gasteiger partial charge in [-0.3, -0.25) is 4.79 Å². The van der Waals surface area contributed by atoms with Crippen LogP contribution in [-0.4, -0.2) is 33.1 Å². The lowest BCUT2D eigenvalue weighted by atomic mass is 9.93. The van der Waals surface area contributed by atoms with Crippen molar-refractivity contribution in [2.75, 3.05) is 10.6 Å². The number of primary amides is 1. The van der Waals surface area contributed by atoms with E-state index in [4.69, 9.17) is 5.73 Å². The van der Waals surface area contributed by atoms with Crippen molar-refractivity contribution in [2.45, 2.75) is 57.7 Å². The van der Waals surface area contributed by atoms with Crippen LogP contribution in [0, 0.1) is 6.92 Å². The zero-order valence-electron chi connectivity index (χ0n) is 15.8. The molecule has 1 aliphatic rings. The lowest BCUT2D eigenvalue weighted by Gasteiger charge is -2.27. The highest BCUT2D eigenvalue weighted by Crippen LogP contribution is 2.24. The van der Waals surface area contributed by atoms with Gasteiger partial charge in [0.1, 0.15) is 5.82 Å². The fraction of sp³-hybridized carbons (Fsp3) is 0.450. The molecule has 5 N–H and O–H groups in total. The maximum atomic E-state index is 11.7. The molecule has 0 radical (unpaired) electrons. The lowest BCUT2D eigenvalue weighted by molar-refractivity contribution is 0.100. The minimum absolute atomic E-state index is 0.00869. The van der Waals surface area contributed by atoms with Crippen LogP contribution in [0.1, 0.15) is 60.1 Å². The Kier molecular flexibility index (Phi) is 5.91. The molecule has 0 spiro atoms. The van der Waals surface area contributed by atoms with E-state index in [0.717, 1.165) is 24.8 Å². The van der Waals surface area contributed by atoms with Crippen molar-refractivity contribution in [3.63, 3.8) is 0 Å². The van der Waals surface area contributed by atoms with Gasteiger partial charge in [0.2, 0.25) is 5.95 Å². The third-order valence-corrected chi connectivity index (χ3v) is 4.96. The highest BCUT2D eigenvalue weighted by atomic mass is 16.3. The average molecular weight is 369 g/mol. The van der Waals surface area contributed by atoms with Gasteiger partial charge in [-0.2, -0.15) is 4.98 Å². The molecule has 7 nitrogen and oxygen atoms in total. The van der Waals surface area contributed by atoms with Crippen molar-refractivity contribution in [3.8, 4) is 0 Å². The standard InChI is InChI=1S/C20H27N5O2/c1-12-6-8-14(9-7-12)13(2)23-20-22-11-17(18(21)27)19(25-20)24-15-4-3-5-16(26)10-15/h6-9,11,13,15-16,26H,3-5,10H2,1-2H3,(H2,21,27)(H2,22,23,24,25)/t13-,15+,16-/m0/s1. The van der Waals surface area contributed by atoms with Crippen molar-refractivity contribution in [1.29, 1.82) is 0 Å². The molecular formula is C20H27N5O2. The van der Waals surface area contributed by atoms with Crippen molar-refractivity contribution in [1.82, 2.24) is 9.97 Å². The molecule has 0 bridgehead atoms. The Morgan fingerprint density at radius 1 is 1.30 bits per heavy atom. The number of aromatic nitrogens is 2. The largest absolute Gasteiger partial charge is 0.393 e. The summed E-state index contributed by atoms with van der Waals surface area (Å²) in [6.07, 6.45) is 4.42. The zero-order chi connectivity index (χ0) is 19.4. The van der Waals surface area contributed by atoms with E-state index in [9.17, 15) is 9.90 Å². The molecule has 0 aliphatic heterocycles. The molecule has 1 saturated carbocycles. The molecule has 1 amide bonds. The van der Waals surface area contributed by atoms with E-state index in [1.54, 1.807) is 0 Å². The number of nitrogens with one attached hydrogen (secondary N) is 2. The summed E-state index contributed by atoms with van der Waals surface area (Å²) in [7, 11) is 0. The number of hydrogen-bond acceptors (Lipinski definition) is 6. The molecule has 2 aromatic rings. The molecule has 0 unspecified atom stereocenters. The third-order valence-electron chi connectivity index (χ3n) is 4.96. The summed E-state index contributed by atoms with van der Waals surface area (Å²) >= 11 is 0. The van der Waals surface area contributed by atoms with E-state index >= 15 is 0 Å². The first-order valence-electron chi connectivity index (χ1n) is 9.37. The zero-order valence-corrected chi connectivity index (χ0v) is 15.8. The first kappa shape index (κ1) is 19.1. The second-order valence-electron chi connectivity index (χ2n) is 7.26. The predicted octanol–water partition coefficient (Wildman–Crippen LogP) is 2.77. The van der Waals surface area contributed by atoms with E-state index in [1.807, 2.05) is 13.8 Å². The molecule has 1 heterocycles. The molecule has 7 heteroatoms. The molecular weight excluding hydrogens is 342 g/mol. The predicted molar refractivity (Wildman–Crippen MR) is 106 cm³/mol. The smallest absolute Gasteiger partial charge is 0.254 e. The van der Waals surface area contributed by atoms with Crippen molar-refractivity contribution >= 4 is 17.7 Å². The first-order chi connectivity index (χ1) is 12.9. The van der Waals surface area contributed by atoms with Crippen LogP contribution < -0.4 is 16.4 Å². The van der Waals surface area contributed by atoms with E-state index in [-0.39, 0.29) is 23.8 Å². The number of amides is 1. The number of aryl methyl sites for hydroxylation is 1. The second kappa shape index (κ2) is 8.35. The summed E-state index contributed by atoms with van der Waals surface area (Å²) in [5.74, 6) is 0.258. The maximum absolute atomic E-state index is 11.7. The summed E-state index contributed by atoms with van der Waals surface area (Å²) in [6.45, 7) is 4.08. The Hall–Kier alpha value is -2.67. The van der Waals surface area contributed by atoms with Crippen molar-refractivity contribution < 1.29 is 9.90 Å². The molecule has 144 valence electrons. The van der Waals surface area contributed by atoms with Gasteiger partial charge < -0.3 is 21.5 Å². The summed E-state index contributed by atoms with van der Waals surface area (Å²) in [5.41, 5.74) is 8.05. The van der Waals surface area contributed by atoms with Gasteiger partial charge in [0.15, 0.2) is 0 Å². The minimum Gasteiger partial charge on any atom is -0.393 e. The second-order valence-corrected chi connectivity index (χ2v) is 7.26. The monoisotopic (exact) mass is 369 g/mol. The van der Waals surface area contributed by atoms with Crippen LogP contribution in [0.15, 0.2) is 30.5 Å². The normalized spacial score (nSPS) is 20.7. The summed E-state index contributed by atoms with van der Waals surface area (Å²) in [6, 6.07) is 8.32. The van der Waals surface area contributed by atoms with E-state index in [2.05, 4.69) is 44.9 Å². The van der Waals surface area contributed by atoms with Gasteiger partial charge in [0.05, 0.1) is 17.7 Å². The van der Waals surface area contributed by atoms with Crippen molar-refractivity contribution in [2.24, 2.45) is 5.73 Å². The molecule has 1 aromatic carbocycles. The lowest BCUT2D eigenvalue weighted by Crippen LogP contribution is -2.31. The number of nitrogens with two attached hydrogens (primary N) is 1. The number of carbonyl (C=O) groups excluding carboxylic acids is 1. The van der Waals surface area contributed by atoms with Crippen LogP contribution >= 0.6 is 0 Å². The highest BCUT2D eigenvalue weighted by Gasteiger charge is 2.22. The average Bonchev–Trinajstić information content (AvgIpc) is 2.62. The minimum atomic E-state index is -0.577. The molecule has 3 rings (SSSR count). The van der Waals surface area contributed by atoms with E-state index in [1.165, 1.54) is 11.8 Å². The van der Waals surface area contributed by atoms with Gasteiger partial charge in [-0.15, -0.1) is 0 Å². The van der Waals surface area contributed by atoms with Gasteiger partial charge in [-0.05, 0) is 45.1 Å². The Morgan fingerprint density at radius 2 is 2.04 bits per heavy atom. The van der Waals surface area contributed by atoms with Crippen molar-refractivity contribution in [3.05, 3.63) is 47.2 Å². The Labute approximate surface area is 159 Å². The molecule has 1 aliphatic carbocycles. The topological polar surface area (TPSA) is 113 Å². The van der Waals surface area contributed by atoms with Crippen LogP contribution in [0.5, 0.6) is 0 Å². The number of nitrogens with zero attached hydrogens (tertiary/aromatic N) is 2. The first-order valence-corrected chi connectivity index (χ1v) is 9.37. The Bertz CT molecular complexity index is 793. The van der Waals surface area contributed by atoms with Crippen LogP contribution in [0.2, 0.25) is 0 Å². The quantitative estimate of drug-likeness (QED) is 0.623. The molecule has 27 heavy (non-hydrogen) atoms. The molecule has 0 saturated heterocycles. The molecule has 1 fully saturated rings. The van der Waals surface area contributed by atoms with Gasteiger partial charge in [-0.25, -0.2) is 4.98 Å². The van der Waals surface area contributed by atoms with Gasteiger partial charge >= 0.3 is 0 Å². The van der Waals surface area contributed by atoms with Crippen LogP contribution in [0.4, 0.5) is 11.8 Å². The highest BCUT2D eigenvalue weighted by molar-refractivity contribution is 5.97. The van der Waals surface area contributed by atoms with Gasteiger partial charge in [0, 0.05) is 12.2 Å². The summed E-state index contributed by atoms with van der Waals surface area (Å²) in [5, 5.41) is 16.4. The van der Waals surface area contributed by atoms with Crippen LogP contribution in [-0.2, 0) is 0 Å². The number of carbonyl (C=O) groups is 1. The SMILES string of the molecule is Cc1ccc([C@H](C)Nc2ncc(C(N)=O)c(N[C@@H]3CCC[C@H](O)C3)n2)cc1. The van der Waals surface area contributed by atoms with E-state index in [0.29, 0.717) is 18.2 Å². The number of aliphatic hydroxyl groups excluding tert-OH is 1. The maximum Gasteiger partial charge on any atom is 0.254 e. The summed E-state index contributed by atoms with van der Waals surface area (Å²) in [4.78, 5) is 20.5. The number of aliphatic hydroxyl groups is 1. The summed E-state index contributed by atoms with van der Waals surface area (Å²) < 4.78 is 0. The van der Waals surface area contributed by atoms with Gasteiger partial charge in [-0.1, -0.05) is 29.8 Å². The fourth-order valence-corrected chi connectivity index (χ4v) is 3.36. The molecule has 3 atom stereocenters. The van der Waals surface area contributed by atoms with Gasteiger partial charge in [0.25, 0.3) is 5.91 Å². The number of benzene rings is 1.